The van der Waals surface area contributed by atoms with E-state index in [1.807, 2.05) is 44.4 Å². The Labute approximate surface area is 271 Å². The average Bonchev–Trinajstić information content (AvgIpc) is 3.54. The van der Waals surface area contributed by atoms with E-state index < -0.39 is 0 Å². The van der Waals surface area contributed by atoms with Gasteiger partial charge in [-0.05, 0) is 49.8 Å². The molecule has 5 rings (SSSR count). The summed E-state index contributed by atoms with van der Waals surface area (Å²) >= 11 is 7.48. The number of carbonyl (C=O) groups is 2. The van der Waals surface area contributed by atoms with Gasteiger partial charge in [0, 0.05) is 51.5 Å². The van der Waals surface area contributed by atoms with Crippen molar-refractivity contribution in [3.05, 3.63) is 76.9 Å². The molecule has 1 aliphatic rings. The van der Waals surface area contributed by atoms with Crippen molar-refractivity contribution in [1.29, 1.82) is 0 Å². The first kappa shape index (κ1) is 31.7. The van der Waals surface area contributed by atoms with Crippen LogP contribution in [0.5, 0.6) is 5.75 Å². The van der Waals surface area contributed by atoms with Gasteiger partial charge in [0.05, 0.1) is 35.4 Å². The lowest BCUT2D eigenvalue weighted by Crippen LogP contribution is -2.48. The molecule has 0 radical (unpaired) electrons. The van der Waals surface area contributed by atoms with Crippen LogP contribution in [-0.4, -0.2) is 78.5 Å². The molecule has 3 aromatic heterocycles. The number of halogens is 1. The molecule has 0 atom stereocenters. The molecule has 234 valence electrons. The number of anilines is 5. The second-order valence-electron chi connectivity index (χ2n) is 10.4. The van der Waals surface area contributed by atoms with Gasteiger partial charge >= 0.3 is 0 Å². The molecule has 13 heteroatoms. The van der Waals surface area contributed by atoms with Gasteiger partial charge in [-0.15, -0.1) is 0 Å². The first-order valence-electron chi connectivity index (χ1n) is 14.4. The van der Waals surface area contributed by atoms with Crippen LogP contribution in [0.1, 0.15) is 22.2 Å². The third kappa shape index (κ3) is 7.02. The number of carbonyl (C=O) groups excluding carboxylic acids is 2. The minimum Gasteiger partial charge on any atom is -0.493 e. The maximum Gasteiger partial charge on any atom is 0.267 e. The molecule has 4 heterocycles. The smallest absolute Gasteiger partial charge is 0.267 e. The van der Waals surface area contributed by atoms with Crippen molar-refractivity contribution in [2.45, 2.75) is 13.8 Å². The predicted octanol–water partition coefficient (Wildman–Crippen LogP) is 5.86. The topological polar surface area (TPSA) is 116 Å². The monoisotopic (exact) mass is 646 g/mol. The van der Waals surface area contributed by atoms with E-state index in [4.69, 9.17) is 26.3 Å². The lowest BCUT2D eigenvalue weighted by molar-refractivity contribution is -0.126. The SMILES string of the molecule is C=CC(=O)N1CCN(c2ncc(-c3ccc(OC)c(Nc4ncc(C(=O)Nc5c(C)cccc5Cl)s4)n3)cc2N(C)CC)CC1. The molecule has 0 bridgehead atoms. The average molecular weight is 647 g/mol. The Morgan fingerprint density at radius 1 is 1.16 bits per heavy atom. The molecule has 1 aromatic carbocycles. The van der Waals surface area contributed by atoms with Crippen molar-refractivity contribution in [3.63, 3.8) is 0 Å². The van der Waals surface area contributed by atoms with E-state index in [2.05, 4.69) is 45.0 Å². The quantitative estimate of drug-likeness (QED) is 0.205. The Morgan fingerprint density at radius 2 is 1.93 bits per heavy atom. The number of nitrogens with zero attached hydrogens (tertiary/aromatic N) is 6. The van der Waals surface area contributed by atoms with E-state index in [9.17, 15) is 9.59 Å². The Bertz CT molecular complexity index is 1700. The highest BCUT2D eigenvalue weighted by atomic mass is 35.5. The molecular formula is C32H35ClN8O3S. The van der Waals surface area contributed by atoms with Gasteiger partial charge in [-0.1, -0.05) is 41.6 Å². The summed E-state index contributed by atoms with van der Waals surface area (Å²) in [6.07, 6.45) is 4.68. The normalized spacial score (nSPS) is 12.9. The van der Waals surface area contributed by atoms with Crippen LogP contribution >= 0.6 is 22.9 Å². The number of aromatic nitrogens is 3. The summed E-state index contributed by atoms with van der Waals surface area (Å²) in [6, 6.07) is 11.2. The van der Waals surface area contributed by atoms with E-state index >= 15 is 0 Å². The van der Waals surface area contributed by atoms with Crippen molar-refractivity contribution < 1.29 is 14.3 Å². The largest absolute Gasteiger partial charge is 0.493 e. The number of thiazole rings is 1. The molecule has 0 spiro atoms. The standard InChI is InChI=1S/C32H35ClN8O3S/c1-6-27(42)40-13-15-41(16-14-40)30-24(39(4)7-2)17-21(18-34-30)23-11-12-25(44-5)29(36-23)38-32-35-19-26(45-32)31(43)37-28-20(3)9-8-10-22(28)33/h6,8-12,17-19H,1,7,13-16H2,2-5H3,(H,37,43)(H,35,36,38). The zero-order valence-electron chi connectivity index (χ0n) is 25.6. The maximum atomic E-state index is 13.0. The van der Waals surface area contributed by atoms with Gasteiger partial charge in [-0.3, -0.25) is 9.59 Å². The van der Waals surface area contributed by atoms with Gasteiger partial charge < -0.3 is 30.1 Å². The van der Waals surface area contributed by atoms with Crippen molar-refractivity contribution in [3.8, 4) is 17.0 Å². The number of pyridine rings is 2. The highest BCUT2D eigenvalue weighted by molar-refractivity contribution is 7.17. The summed E-state index contributed by atoms with van der Waals surface area (Å²) in [7, 11) is 3.60. The number of rotatable bonds is 10. The molecule has 1 saturated heterocycles. The van der Waals surface area contributed by atoms with Crippen LogP contribution < -0.4 is 25.2 Å². The zero-order valence-corrected chi connectivity index (χ0v) is 27.2. The number of benzene rings is 1. The molecule has 4 aromatic rings. The van der Waals surface area contributed by atoms with Gasteiger partial charge in [0.15, 0.2) is 22.5 Å². The minimum absolute atomic E-state index is 0.0525. The molecule has 11 nitrogen and oxygen atoms in total. The van der Waals surface area contributed by atoms with E-state index in [0.717, 1.165) is 29.2 Å². The highest BCUT2D eigenvalue weighted by Crippen LogP contribution is 2.35. The van der Waals surface area contributed by atoms with Gasteiger partial charge in [-0.2, -0.15) is 0 Å². The Hall–Kier alpha value is -4.68. The molecule has 2 amide bonds. The van der Waals surface area contributed by atoms with Crippen LogP contribution in [0.3, 0.4) is 0 Å². The number of hydrogen-bond donors (Lipinski definition) is 2. The number of para-hydroxylation sites is 1. The number of piperazine rings is 1. The number of hydrogen-bond acceptors (Lipinski definition) is 10. The van der Waals surface area contributed by atoms with Crippen LogP contribution in [-0.2, 0) is 4.79 Å². The molecule has 1 aliphatic heterocycles. The second kappa shape index (κ2) is 14.0. The fourth-order valence-electron chi connectivity index (χ4n) is 4.91. The first-order valence-corrected chi connectivity index (χ1v) is 15.6. The van der Waals surface area contributed by atoms with Crippen molar-refractivity contribution in [1.82, 2.24) is 19.9 Å². The summed E-state index contributed by atoms with van der Waals surface area (Å²) in [4.78, 5) is 45.7. The van der Waals surface area contributed by atoms with E-state index in [1.54, 1.807) is 18.1 Å². The van der Waals surface area contributed by atoms with Gasteiger partial charge in [0.25, 0.3) is 5.91 Å². The molecule has 2 N–H and O–H groups in total. The van der Waals surface area contributed by atoms with Crippen molar-refractivity contribution in [2.24, 2.45) is 0 Å². The zero-order chi connectivity index (χ0) is 32.1. The molecule has 45 heavy (non-hydrogen) atoms. The third-order valence-corrected chi connectivity index (χ3v) is 8.81. The highest BCUT2D eigenvalue weighted by Gasteiger charge is 2.24. The van der Waals surface area contributed by atoms with E-state index in [0.29, 0.717) is 64.2 Å². The lowest BCUT2D eigenvalue weighted by atomic mass is 10.1. The van der Waals surface area contributed by atoms with Gasteiger partial charge in [0.1, 0.15) is 4.88 Å². The predicted molar refractivity (Wildman–Crippen MR) is 181 cm³/mol. The molecule has 0 saturated carbocycles. The second-order valence-corrected chi connectivity index (χ2v) is 11.8. The number of aryl methyl sites for hydroxylation is 1. The fourth-order valence-corrected chi connectivity index (χ4v) is 5.89. The summed E-state index contributed by atoms with van der Waals surface area (Å²) in [5.41, 5.74) is 3.92. The molecule has 1 fully saturated rings. The van der Waals surface area contributed by atoms with Gasteiger partial charge in [-0.25, -0.2) is 15.0 Å². The van der Waals surface area contributed by atoms with E-state index in [1.165, 1.54) is 23.6 Å². The van der Waals surface area contributed by atoms with Crippen molar-refractivity contribution in [2.75, 3.05) is 67.3 Å². The molecule has 0 aliphatic carbocycles. The number of nitrogens with one attached hydrogen (secondary N) is 2. The summed E-state index contributed by atoms with van der Waals surface area (Å²) < 4.78 is 5.57. The van der Waals surface area contributed by atoms with Crippen LogP contribution in [0.25, 0.3) is 11.3 Å². The maximum absolute atomic E-state index is 13.0. The van der Waals surface area contributed by atoms with E-state index in [-0.39, 0.29) is 11.8 Å². The van der Waals surface area contributed by atoms with Crippen LogP contribution in [0, 0.1) is 6.92 Å². The summed E-state index contributed by atoms with van der Waals surface area (Å²) in [5.74, 6) is 1.48. The summed E-state index contributed by atoms with van der Waals surface area (Å²) in [6.45, 7) is 10.9. The van der Waals surface area contributed by atoms with Crippen LogP contribution in [0.4, 0.5) is 28.1 Å². The van der Waals surface area contributed by atoms with Crippen LogP contribution in [0.2, 0.25) is 5.02 Å². The summed E-state index contributed by atoms with van der Waals surface area (Å²) in [5, 5.41) is 7.04. The molecular weight excluding hydrogens is 612 g/mol. The Balaban J connectivity index is 1.37. The number of methoxy groups -OCH3 is 1. The first-order chi connectivity index (χ1) is 21.7. The minimum atomic E-state index is -0.308. The van der Waals surface area contributed by atoms with Crippen LogP contribution in [0.15, 0.2) is 61.4 Å². The van der Waals surface area contributed by atoms with Crippen molar-refractivity contribution >= 4 is 62.9 Å². The fraction of sp³-hybridized carbons (Fsp3) is 0.281. The number of amides is 2. The Morgan fingerprint density at radius 3 is 2.62 bits per heavy atom. The lowest BCUT2D eigenvalue weighted by Gasteiger charge is -2.36. The third-order valence-electron chi connectivity index (χ3n) is 7.59. The van der Waals surface area contributed by atoms with Gasteiger partial charge in [0.2, 0.25) is 5.91 Å². The Kier molecular flexibility index (Phi) is 9.84. The molecule has 0 unspecified atom stereocenters. The number of ether oxygens (including phenoxy) is 1.